The smallest absolute Gasteiger partial charge is 0.314 e. The molecule has 1 aliphatic rings. The van der Waals surface area contributed by atoms with Gasteiger partial charge in [-0.25, -0.2) is 4.98 Å². The van der Waals surface area contributed by atoms with Gasteiger partial charge in [0.15, 0.2) is 0 Å². The van der Waals surface area contributed by atoms with Crippen molar-refractivity contribution in [2.45, 2.75) is 25.7 Å². The summed E-state index contributed by atoms with van der Waals surface area (Å²) in [6.45, 7) is 1.70. The highest BCUT2D eigenvalue weighted by Crippen LogP contribution is 2.41. The van der Waals surface area contributed by atoms with Crippen molar-refractivity contribution in [2.24, 2.45) is 0 Å². The highest BCUT2D eigenvalue weighted by molar-refractivity contribution is 5.58. The van der Waals surface area contributed by atoms with E-state index in [2.05, 4.69) is 4.98 Å². The average Bonchev–Trinajstić information content (AvgIpc) is 2.83. The minimum atomic E-state index is -0.478. The number of pyridine rings is 1. The highest BCUT2D eigenvalue weighted by atomic mass is 16.6. The van der Waals surface area contributed by atoms with Gasteiger partial charge in [-0.2, -0.15) is 0 Å². The zero-order valence-corrected chi connectivity index (χ0v) is 7.86. The Bertz CT molecular complexity index is 376. The van der Waals surface area contributed by atoms with Crippen LogP contribution < -0.4 is 5.73 Å². The average molecular weight is 193 g/mol. The van der Waals surface area contributed by atoms with Crippen LogP contribution >= 0.6 is 0 Å². The molecule has 0 bridgehead atoms. The lowest BCUT2D eigenvalue weighted by Crippen LogP contribution is -2.03. The fourth-order valence-corrected chi connectivity index (χ4v) is 1.54. The summed E-state index contributed by atoms with van der Waals surface area (Å²) in [7, 11) is 0. The minimum absolute atomic E-state index is 0.0388. The van der Waals surface area contributed by atoms with Crippen LogP contribution in [-0.4, -0.2) is 9.91 Å². The standard InChI is InChI=1S/C9H11N3O2/c1-5-4-7(6-2-3-6)11-9(10)8(5)12(13)14/h4,6H,2-3H2,1H3,(H2,10,11). The molecule has 2 rings (SSSR count). The van der Waals surface area contributed by atoms with E-state index in [0.717, 1.165) is 18.5 Å². The molecule has 0 radical (unpaired) electrons. The van der Waals surface area contributed by atoms with Crippen LogP contribution in [0.2, 0.25) is 0 Å². The SMILES string of the molecule is Cc1cc(C2CC2)nc(N)c1[N+](=O)[O-]. The van der Waals surface area contributed by atoms with Gasteiger partial charge in [0.2, 0.25) is 5.82 Å². The van der Waals surface area contributed by atoms with Crippen molar-refractivity contribution in [2.75, 3.05) is 5.73 Å². The molecule has 0 amide bonds. The van der Waals surface area contributed by atoms with E-state index < -0.39 is 4.92 Å². The Morgan fingerprint density at radius 3 is 2.71 bits per heavy atom. The summed E-state index contributed by atoms with van der Waals surface area (Å²) in [5.41, 5.74) is 6.97. The summed E-state index contributed by atoms with van der Waals surface area (Å²) in [5, 5.41) is 10.6. The first kappa shape index (κ1) is 8.93. The van der Waals surface area contributed by atoms with Gasteiger partial charge in [0.25, 0.3) is 0 Å². The molecule has 2 N–H and O–H groups in total. The van der Waals surface area contributed by atoms with Crippen molar-refractivity contribution in [1.29, 1.82) is 0 Å². The Morgan fingerprint density at radius 2 is 2.29 bits per heavy atom. The van der Waals surface area contributed by atoms with Crippen LogP contribution in [0, 0.1) is 17.0 Å². The van der Waals surface area contributed by atoms with Crippen LogP contribution in [0.4, 0.5) is 11.5 Å². The predicted octanol–water partition coefficient (Wildman–Crippen LogP) is 1.76. The van der Waals surface area contributed by atoms with Crippen LogP contribution in [0.25, 0.3) is 0 Å². The normalized spacial score (nSPS) is 15.5. The van der Waals surface area contributed by atoms with Crippen LogP contribution in [0.1, 0.15) is 30.0 Å². The van der Waals surface area contributed by atoms with E-state index in [1.807, 2.05) is 0 Å². The molecule has 74 valence electrons. The Balaban J connectivity index is 2.49. The molecule has 14 heavy (non-hydrogen) atoms. The van der Waals surface area contributed by atoms with Crippen molar-refractivity contribution in [3.8, 4) is 0 Å². The van der Waals surface area contributed by atoms with E-state index >= 15 is 0 Å². The van der Waals surface area contributed by atoms with Gasteiger partial charge in [0.1, 0.15) is 0 Å². The molecular weight excluding hydrogens is 182 g/mol. The topological polar surface area (TPSA) is 82.0 Å². The summed E-state index contributed by atoms with van der Waals surface area (Å²) in [4.78, 5) is 14.2. The zero-order chi connectivity index (χ0) is 10.3. The van der Waals surface area contributed by atoms with E-state index in [4.69, 9.17) is 5.73 Å². The van der Waals surface area contributed by atoms with Gasteiger partial charge in [0, 0.05) is 17.2 Å². The van der Waals surface area contributed by atoms with Gasteiger partial charge in [-0.15, -0.1) is 0 Å². The van der Waals surface area contributed by atoms with E-state index in [-0.39, 0.29) is 11.5 Å². The number of nitrogens with zero attached hydrogens (tertiary/aromatic N) is 2. The lowest BCUT2D eigenvalue weighted by atomic mass is 10.1. The molecule has 0 unspecified atom stereocenters. The molecule has 0 aliphatic heterocycles. The summed E-state index contributed by atoms with van der Waals surface area (Å²) < 4.78 is 0. The van der Waals surface area contributed by atoms with Crippen LogP contribution in [0.3, 0.4) is 0 Å². The molecule has 1 heterocycles. The van der Waals surface area contributed by atoms with Crippen molar-refractivity contribution in [1.82, 2.24) is 4.98 Å². The molecule has 0 atom stereocenters. The second-order valence-corrected chi connectivity index (χ2v) is 3.63. The Labute approximate surface area is 81.1 Å². The third-order valence-electron chi connectivity index (χ3n) is 2.41. The maximum absolute atomic E-state index is 10.6. The number of aryl methyl sites for hydroxylation is 1. The number of aromatic nitrogens is 1. The van der Waals surface area contributed by atoms with E-state index in [0.29, 0.717) is 11.5 Å². The van der Waals surface area contributed by atoms with Gasteiger partial charge in [-0.05, 0) is 25.8 Å². The maximum atomic E-state index is 10.6. The fraction of sp³-hybridized carbons (Fsp3) is 0.444. The van der Waals surface area contributed by atoms with Crippen molar-refractivity contribution in [3.05, 3.63) is 27.4 Å². The van der Waals surface area contributed by atoms with E-state index in [1.165, 1.54) is 0 Å². The summed E-state index contributed by atoms with van der Waals surface area (Å²) in [6.07, 6.45) is 2.23. The highest BCUT2D eigenvalue weighted by Gasteiger charge is 2.28. The molecule has 5 nitrogen and oxygen atoms in total. The van der Waals surface area contributed by atoms with Gasteiger partial charge < -0.3 is 5.73 Å². The molecule has 1 aromatic heterocycles. The molecule has 1 aliphatic carbocycles. The largest absolute Gasteiger partial charge is 0.378 e. The number of nitrogens with two attached hydrogens (primary N) is 1. The van der Waals surface area contributed by atoms with Gasteiger partial charge in [-0.1, -0.05) is 0 Å². The zero-order valence-electron chi connectivity index (χ0n) is 7.86. The second-order valence-electron chi connectivity index (χ2n) is 3.63. The number of hydrogen-bond donors (Lipinski definition) is 1. The van der Waals surface area contributed by atoms with Crippen molar-refractivity contribution >= 4 is 11.5 Å². The molecule has 5 heteroatoms. The Morgan fingerprint density at radius 1 is 1.64 bits per heavy atom. The first-order valence-corrected chi connectivity index (χ1v) is 4.51. The van der Waals surface area contributed by atoms with Gasteiger partial charge in [0.05, 0.1) is 4.92 Å². The molecular formula is C9H11N3O2. The fourth-order valence-electron chi connectivity index (χ4n) is 1.54. The number of rotatable bonds is 2. The summed E-state index contributed by atoms with van der Waals surface area (Å²) in [5.74, 6) is 0.508. The Hall–Kier alpha value is -1.65. The lowest BCUT2D eigenvalue weighted by molar-refractivity contribution is -0.384. The first-order chi connectivity index (χ1) is 6.59. The van der Waals surface area contributed by atoms with E-state index in [9.17, 15) is 10.1 Å². The molecule has 1 aromatic rings. The number of nitro groups is 1. The molecule has 0 spiro atoms. The quantitative estimate of drug-likeness (QED) is 0.573. The minimum Gasteiger partial charge on any atom is -0.378 e. The number of nitrogen functional groups attached to an aromatic ring is 1. The third kappa shape index (κ3) is 1.41. The monoisotopic (exact) mass is 193 g/mol. The molecule has 1 fully saturated rings. The maximum Gasteiger partial charge on any atom is 0.314 e. The number of hydrogen-bond acceptors (Lipinski definition) is 4. The van der Waals surface area contributed by atoms with Crippen LogP contribution in [0.5, 0.6) is 0 Å². The van der Waals surface area contributed by atoms with Crippen molar-refractivity contribution in [3.63, 3.8) is 0 Å². The lowest BCUT2D eigenvalue weighted by Gasteiger charge is -2.03. The van der Waals surface area contributed by atoms with Crippen LogP contribution in [0.15, 0.2) is 6.07 Å². The van der Waals surface area contributed by atoms with E-state index in [1.54, 1.807) is 13.0 Å². The first-order valence-electron chi connectivity index (χ1n) is 4.51. The van der Waals surface area contributed by atoms with Gasteiger partial charge >= 0.3 is 5.69 Å². The molecule has 0 aromatic carbocycles. The Kier molecular flexibility index (Phi) is 1.87. The van der Waals surface area contributed by atoms with Crippen LogP contribution in [-0.2, 0) is 0 Å². The number of anilines is 1. The van der Waals surface area contributed by atoms with Gasteiger partial charge in [-0.3, -0.25) is 10.1 Å². The summed E-state index contributed by atoms with van der Waals surface area (Å²) in [6, 6.07) is 1.77. The van der Waals surface area contributed by atoms with Crippen molar-refractivity contribution < 1.29 is 4.92 Å². The predicted molar refractivity (Wildman–Crippen MR) is 52.0 cm³/mol. The summed E-state index contributed by atoms with van der Waals surface area (Å²) >= 11 is 0. The molecule has 0 saturated heterocycles. The third-order valence-corrected chi connectivity index (χ3v) is 2.41. The molecule has 1 saturated carbocycles. The second kappa shape index (κ2) is 2.94.